The van der Waals surface area contributed by atoms with Crippen LogP contribution in [0.15, 0.2) is 48.5 Å². The fourth-order valence-electron chi connectivity index (χ4n) is 3.50. The molecule has 29 heavy (non-hydrogen) atoms. The van der Waals surface area contributed by atoms with E-state index in [0.717, 1.165) is 17.7 Å². The number of anilines is 1. The van der Waals surface area contributed by atoms with Crippen LogP contribution >= 0.6 is 11.6 Å². The summed E-state index contributed by atoms with van der Waals surface area (Å²) in [5.74, 6) is -0.908. The van der Waals surface area contributed by atoms with Crippen molar-refractivity contribution >= 4 is 35.2 Å². The molecule has 1 heterocycles. The van der Waals surface area contributed by atoms with Gasteiger partial charge in [0.2, 0.25) is 0 Å². The minimum absolute atomic E-state index is 0.00283. The lowest BCUT2D eigenvalue weighted by Crippen LogP contribution is -2.39. The van der Waals surface area contributed by atoms with Crippen LogP contribution in [0.3, 0.4) is 0 Å². The van der Waals surface area contributed by atoms with E-state index in [1.165, 1.54) is 0 Å². The van der Waals surface area contributed by atoms with Gasteiger partial charge in [-0.1, -0.05) is 41.9 Å². The van der Waals surface area contributed by atoms with E-state index in [4.69, 9.17) is 22.1 Å². The van der Waals surface area contributed by atoms with Crippen LogP contribution in [0.1, 0.15) is 30.5 Å². The molecular formula is C21H22ClN3O4. The molecule has 2 atom stereocenters. The average molecular weight is 416 g/mol. The summed E-state index contributed by atoms with van der Waals surface area (Å²) in [6, 6.07) is 12.9. The van der Waals surface area contributed by atoms with Crippen LogP contribution in [-0.4, -0.2) is 30.6 Å². The molecule has 3 N–H and O–H groups in total. The molecule has 0 unspecified atom stereocenters. The summed E-state index contributed by atoms with van der Waals surface area (Å²) < 4.78 is 5.19. The number of primary amides is 1. The Morgan fingerprint density at radius 1 is 1.21 bits per heavy atom. The number of hydrogen-bond donors (Lipinski definition) is 2. The molecule has 7 nitrogen and oxygen atoms in total. The normalized spacial score (nSPS) is 16.1. The van der Waals surface area contributed by atoms with Gasteiger partial charge in [0.15, 0.2) is 6.61 Å². The maximum absolute atomic E-state index is 12.6. The summed E-state index contributed by atoms with van der Waals surface area (Å²) in [5.41, 5.74) is 7.80. The Labute approximate surface area is 173 Å². The van der Waals surface area contributed by atoms with Crippen LogP contribution in [0.2, 0.25) is 5.02 Å². The van der Waals surface area contributed by atoms with Gasteiger partial charge in [0.1, 0.15) is 0 Å². The van der Waals surface area contributed by atoms with E-state index in [2.05, 4.69) is 5.32 Å². The highest BCUT2D eigenvalue weighted by Gasteiger charge is 2.31. The van der Waals surface area contributed by atoms with E-state index < -0.39 is 18.0 Å². The second-order valence-corrected chi connectivity index (χ2v) is 7.36. The number of hydrogen-bond acceptors (Lipinski definition) is 4. The fraction of sp³-hybridized carbons (Fsp3) is 0.286. The molecule has 152 valence electrons. The average Bonchev–Trinajstić information content (AvgIpc) is 3.01. The first-order valence-electron chi connectivity index (χ1n) is 9.22. The molecule has 1 aliphatic rings. The number of esters is 1. The molecule has 0 spiro atoms. The van der Waals surface area contributed by atoms with Crippen molar-refractivity contribution in [3.63, 3.8) is 0 Å². The van der Waals surface area contributed by atoms with Gasteiger partial charge in [0, 0.05) is 16.8 Å². The van der Waals surface area contributed by atoms with Crippen molar-refractivity contribution in [3.05, 3.63) is 64.7 Å². The first-order valence-corrected chi connectivity index (χ1v) is 9.60. The second kappa shape index (κ2) is 8.96. The number of nitrogens with two attached hydrogens (primary N) is 1. The van der Waals surface area contributed by atoms with Gasteiger partial charge in [-0.15, -0.1) is 0 Å². The molecule has 3 rings (SSSR count). The predicted octanol–water partition coefficient (Wildman–Crippen LogP) is 2.96. The highest BCUT2D eigenvalue weighted by Crippen LogP contribution is 2.31. The number of carbonyl (C=O) groups is 3. The zero-order valence-electron chi connectivity index (χ0n) is 15.9. The highest BCUT2D eigenvalue weighted by atomic mass is 35.5. The van der Waals surface area contributed by atoms with Crippen molar-refractivity contribution in [2.75, 3.05) is 11.5 Å². The Morgan fingerprint density at radius 3 is 2.59 bits per heavy atom. The quantitative estimate of drug-likeness (QED) is 0.708. The van der Waals surface area contributed by atoms with Gasteiger partial charge in [-0.3, -0.25) is 9.59 Å². The second-order valence-electron chi connectivity index (χ2n) is 6.92. The van der Waals surface area contributed by atoms with E-state index in [0.29, 0.717) is 10.6 Å². The van der Waals surface area contributed by atoms with E-state index in [-0.39, 0.29) is 25.0 Å². The van der Waals surface area contributed by atoms with E-state index >= 15 is 0 Å². The van der Waals surface area contributed by atoms with Gasteiger partial charge >= 0.3 is 12.0 Å². The number of halogens is 1. The summed E-state index contributed by atoms with van der Waals surface area (Å²) in [6.45, 7) is 1.58. The van der Waals surface area contributed by atoms with Crippen molar-refractivity contribution in [3.8, 4) is 0 Å². The molecule has 0 aliphatic carbocycles. The SMILES string of the molecule is C[C@@H]1Cc2ccccc2N1C(=O)COC(=O)C[C@@H](NC(N)=O)c1ccc(Cl)cc1. The molecule has 0 radical (unpaired) electrons. The largest absolute Gasteiger partial charge is 0.455 e. The molecule has 0 aromatic heterocycles. The van der Waals surface area contributed by atoms with E-state index in [1.54, 1.807) is 29.2 Å². The van der Waals surface area contributed by atoms with Crippen molar-refractivity contribution in [2.24, 2.45) is 5.73 Å². The van der Waals surface area contributed by atoms with Crippen LogP contribution in [0, 0.1) is 0 Å². The Balaban J connectivity index is 1.61. The summed E-state index contributed by atoms with van der Waals surface area (Å²) in [7, 11) is 0. The summed E-state index contributed by atoms with van der Waals surface area (Å²) in [6.07, 6.45) is 0.598. The number of amides is 3. The first kappa shape index (κ1) is 20.7. The zero-order valence-corrected chi connectivity index (χ0v) is 16.7. The number of para-hydroxylation sites is 1. The van der Waals surface area contributed by atoms with Crippen molar-refractivity contribution in [1.82, 2.24) is 5.32 Å². The van der Waals surface area contributed by atoms with Crippen LogP contribution in [0.25, 0.3) is 0 Å². The fourth-order valence-corrected chi connectivity index (χ4v) is 3.63. The number of carbonyl (C=O) groups excluding carboxylic acids is 3. The van der Waals surface area contributed by atoms with Gasteiger partial charge in [-0.2, -0.15) is 0 Å². The lowest BCUT2D eigenvalue weighted by Gasteiger charge is -2.23. The van der Waals surface area contributed by atoms with Gasteiger partial charge in [0.05, 0.1) is 12.5 Å². The minimum atomic E-state index is -0.767. The summed E-state index contributed by atoms with van der Waals surface area (Å²) in [4.78, 5) is 37.9. The third-order valence-corrected chi connectivity index (χ3v) is 5.04. The standard InChI is InChI=1S/C21H22ClN3O4/c1-13-10-15-4-2-3-5-18(15)25(13)19(26)12-29-20(27)11-17(24-21(23)28)14-6-8-16(22)9-7-14/h2-9,13,17H,10-12H2,1H3,(H3,23,24,28)/t13-,17-/m1/s1. The lowest BCUT2D eigenvalue weighted by atomic mass is 10.0. The Hall–Kier alpha value is -3.06. The summed E-state index contributed by atoms with van der Waals surface area (Å²) >= 11 is 5.88. The topological polar surface area (TPSA) is 102 Å². The monoisotopic (exact) mass is 415 g/mol. The lowest BCUT2D eigenvalue weighted by molar-refractivity contribution is -0.148. The number of benzene rings is 2. The molecule has 2 aromatic rings. The highest BCUT2D eigenvalue weighted by molar-refractivity contribution is 6.30. The maximum Gasteiger partial charge on any atom is 0.312 e. The van der Waals surface area contributed by atoms with Crippen LogP contribution < -0.4 is 16.0 Å². The molecule has 0 bridgehead atoms. The van der Waals surface area contributed by atoms with E-state index in [9.17, 15) is 14.4 Å². The zero-order chi connectivity index (χ0) is 21.0. The minimum Gasteiger partial charge on any atom is -0.455 e. The Kier molecular flexibility index (Phi) is 6.39. The van der Waals surface area contributed by atoms with Crippen LogP contribution in [0.5, 0.6) is 0 Å². The number of nitrogens with zero attached hydrogens (tertiary/aromatic N) is 1. The number of rotatable bonds is 6. The smallest absolute Gasteiger partial charge is 0.312 e. The number of urea groups is 1. The number of fused-ring (bicyclic) bond motifs is 1. The number of nitrogens with one attached hydrogen (secondary N) is 1. The molecular weight excluding hydrogens is 394 g/mol. The predicted molar refractivity (Wildman–Crippen MR) is 110 cm³/mol. The van der Waals surface area contributed by atoms with Crippen molar-refractivity contribution < 1.29 is 19.1 Å². The molecule has 0 saturated carbocycles. The van der Waals surface area contributed by atoms with Gasteiger partial charge in [-0.25, -0.2) is 4.79 Å². The Bertz CT molecular complexity index is 916. The molecule has 0 saturated heterocycles. The molecule has 1 aliphatic heterocycles. The maximum atomic E-state index is 12.6. The molecule has 3 amide bonds. The summed E-state index contributed by atoms with van der Waals surface area (Å²) in [5, 5.41) is 3.04. The van der Waals surface area contributed by atoms with Crippen molar-refractivity contribution in [2.45, 2.75) is 31.8 Å². The van der Waals surface area contributed by atoms with Crippen molar-refractivity contribution in [1.29, 1.82) is 0 Å². The first-order chi connectivity index (χ1) is 13.8. The van der Waals surface area contributed by atoms with Gasteiger partial charge in [-0.05, 0) is 42.7 Å². The number of ether oxygens (including phenoxy) is 1. The molecule has 2 aromatic carbocycles. The Morgan fingerprint density at radius 2 is 1.90 bits per heavy atom. The molecule has 0 fully saturated rings. The third-order valence-electron chi connectivity index (χ3n) is 4.79. The van der Waals surface area contributed by atoms with Gasteiger partial charge in [0.25, 0.3) is 5.91 Å². The molecule has 8 heteroatoms. The van der Waals surface area contributed by atoms with Gasteiger partial charge < -0.3 is 20.7 Å². The third kappa shape index (κ3) is 5.06. The van der Waals surface area contributed by atoms with Crippen LogP contribution in [0.4, 0.5) is 10.5 Å². The van der Waals surface area contributed by atoms with Crippen LogP contribution in [-0.2, 0) is 20.7 Å². The van der Waals surface area contributed by atoms with E-state index in [1.807, 2.05) is 31.2 Å².